The van der Waals surface area contributed by atoms with Gasteiger partial charge in [0.25, 0.3) is 0 Å². The van der Waals surface area contributed by atoms with Gasteiger partial charge in [-0.1, -0.05) is 19.1 Å². The molecule has 5 nitrogen and oxygen atoms in total. The Labute approximate surface area is 120 Å². The fourth-order valence-corrected chi connectivity index (χ4v) is 4.02. The number of benzene rings is 1. The largest absolute Gasteiger partial charge is 0.398 e. The minimum atomic E-state index is -3.52. The lowest BCUT2D eigenvalue weighted by Gasteiger charge is -2.32. The molecule has 2 rings (SSSR count). The van der Waals surface area contributed by atoms with E-state index in [9.17, 15) is 8.42 Å². The number of piperidine rings is 1. The fraction of sp³-hybridized carbons (Fsp3) is 0.571. The zero-order valence-corrected chi connectivity index (χ0v) is 12.6. The van der Waals surface area contributed by atoms with Crippen molar-refractivity contribution in [3.8, 4) is 0 Å². The van der Waals surface area contributed by atoms with Gasteiger partial charge in [-0.2, -0.15) is 4.31 Å². The molecule has 1 unspecified atom stereocenters. The lowest BCUT2D eigenvalue weighted by atomic mass is 10.1. The van der Waals surface area contributed by atoms with E-state index in [4.69, 9.17) is 10.5 Å². The zero-order chi connectivity index (χ0) is 14.6. The Morgan fingerprint density at radius 3 is 2.85 bits per heavy atom. The van der Waals surface area contributed by atoms with E-state index in [2.05, 4.69) is 0 Å². The second-order valence-electron chi connectivity index (χ2n) is 5.04. The van der Waals surface area contributed by atoms with Crippen molar-refractivity contribution in [2.24, 2.45) is 0 Å². The van der Waals surface area contributed by atoms with E-state index in [1.54, 1.807) is 24.3 Å². The average Bonchev–Trinajstić information content (AvgIpc) is 2.45. The first-order valence-electron chi connectivity index (χ1n) is 7.02. The average molecular weight is 298 g/mol. The third-order valence-corrected chi connectivity index (χ3v) is 5.37. The monoisotopic (exact) mass is 298 g/mol. The van der Waals surface area contributed by atoms with Crippen LogP contribution in [-0.4, -0.2) is 38.5 Å². The topological polar surface area (TPSA) is 72.6 Å². The maximum absolute atomic E-state index is 12.6. The van der Waals surface area contributed by atoms with Gasteiger partial charge in [0.1, 0.15) is 4.90 Å². The van der Waals surface area contributed by atoms with Gasteiger partial charge in [0.2, 0.25) is 10.0 Å². The maximum Gasteiger partial charge on any atom is 0.245 e. The lowest BCUT2D eigenvalue weighted by molar-refractivity contribution is 0.0193. The van der Waals surface area contributed by atoms with Gasteiger partial charge in [-0.3, -0.25) is 0 Å². The number of hydrogen-bond donors (Lipinski definition) is 1. The van der Waals surface area contributed by atoms with Crippen LogP contribution in [0.15, 0.2) is 29.2 Å². The highest BCUT2D eigenvalue weighted by molar-refractivity contribution is 7.89. The SMILES string of the molecule is CCCOC1CCCN(S(=O)(=O)c2ccccc2N)C1. The smallest absolute Gasteiger partial charge is 0.245 e. The van der Waals surface area contributed by atoms with Crippen LogP contribution in [0.2, 0.25) is 0 Å². The van der Waals surface area contributed by atoms with Gasteiger partial charge in [-0.05, 0) is 31.4 Å². The van der Waals surface area contributed by atoms with E-state index in [-0.39, 0.29) is 11.0 Å². The van der Waals surface area contributed by atoms with Crippen LogP contribution in [0.25, 0.3) is 0 Å². The number of para-hydroxylation sites is 1. The molecule has 1 atom stereocenters. The molecular formula is C14H22N2O3S. The summed E-state index contributed by atoms with van der Waals surface area (Å²) in [5.41, 5.74) is 6.09. The van der Waals surface area contributed by atoms with Crippen molar-refractivity contribution in [1.29, 1.82) is 0 Å². The van der Waals surface area contributed by atoms with Gasteiger partial charge in [-0.25, -0.2) is 8.42 Å². The Bertz CT molecular complexity index is 545. The second kappa shape index (κ2) is 6.56. The summed E-state index contributed by atoms with van der Waals surface area (Å²) in [7, 11) is -3.52. The van der Waals surface area contributed by atoms with Crippen molar-refractivity contribution < 1.29 is 13.2 Å². The summed E-state index contributed by atoms with van der Waals surface area (Å²) in [5.74, 6) is 0. The number of ether oxygens (including phenoxy) is 1. The van der Waals surface area contributed by atoms with E-state index in [0.717, 1.165) is 19.3 Å². The number of sulfonamides is 1. The first-order chi connectivity index (χ1) is 9.55. The quantitative estimate of drug-likeness (QED) is 0.842. The van der Waals surface area contributed by atoms with Crippen molar-refractivity contribution in [3.05, 3.63) is 24.3 Å². The van der Waals surface area contributed by atoms with Crippen molar-refractivity contribution >= 4 is 15.7 Å². The van der Waals surface area contributed by atoms with Gasteiger partial charge in [-0.15, -0.1) is 0 Å². The molecule has 1 aromatic rings. The molecule has 112 valence electrons. The van der Waals surface area contributed by atoms with Gasteiger partial charge in [0.15, 0.2) is 0 Å². The molecule has 2 N–H and O–H groups in total. The van der Waals surface area contributed by atoms with Crippen molar-refractivity contribution in [2.45, 2.75) is 37.2 Å². The van der Waals surface area contributed by atoms with Crippen LogP contribution in [-0.2, 0) is 14.8 Å². The molecule has 1 aliphatic rings. The third-order valence-electron chi connectivity index (χ3n) is 3.44. The summed E-state index contributed by atoms with van der Waals surface area (Å²) < 4.78 is 32.4. The predicted molar refractivity (Wildman–Crippen MR) is 78.9 cm³/mol. The minimum Gasteiger partial charge on any atom is -0.398 e. The number of nitrogen functional groups attached to an aromatic ring is 1. The summed E-state index contributed by atoms with van der Waals surface area (Å²) in [6, 6.07) is 6.60. The van der Waals surface area contributed by atoms with Crippen LogP contribution >= 0.6 is 0 Å². The van der Waals surface area contributed by atoms with Crippen LogP contribution in [0.5, 0.6) is 0 Å². The molecule has 0 spiro atoms. The number of nitrogens with two attached hydrogens (primary N) is 1. The van der Waals surface area contributed by atoms with Gasteiger partial charge < -0.3 is 10.5 Å². The molecular weight excluding hydrogens is 276 g/mol. The van der Waals surface area contributed by atoms with Gasteiger partial charge in [0, 0.05) is 19.7 Å². The summed E-state index contributed by atoms with van der Waals surface area (Å²) in [6.45, 7) is 3.66. The molecule has 1 heterocycles. The molecule has 0 amide bonds. The van der Waals surface area contributed by atoms with Crippen molar-refractivity contribution in [1.82, 2.24) is 4.31 Å². The van der Waals surface area contributed by atoms with Crippen LogP contribution in [0.3, 0.4) is 0 Å². The van der Waals surface area contributed by atoms with Crippen LogP contribution in [0.1, 0.15) is 26.2 Å². The third kappa shape index (κ3) is 3.31. The van der Waals surface area contributed by atoms with Gasteiger partial charge in [0.05, 0.1) is 11.8 Å². The Balaban J connectivity index is 2.15. The van der Waals surface area contributed by atoms with E-state index in [1.165, 1.54) is 4.31 Å². The van der Waals surface area contributed by atoms with E-state index in [1.807, 2.05) is 6.92 Å². The molecule has 0 radical (unpaired) electrons. The van der Waals surface area contributed by atoms with Crippen LogP contribution in [0, 0.1) is 0 Å². The molecule has 6 heteroatoms. The first kappa shape index (κ1) is 15.3. The molecule has 0 aliphatic carbocycles. The zero-order valence-electron chi connectivity index (χ0n) is 11.8. The lowest BCUT2D eigenvalue weighted by Crippen LogP contribution is -2.43. The van der Waals surface area contributed by atoms with E-state index < -0.39 is 10.0 Å². The molecule has 1 aliphatic heterocycles. The number of anilines is 1. The number of hydrogen-bond acceptors (Lipinski definition) is 4. The Morgan fingerprint density at radius 1 is 1.40 bits per heavy atom. The summed E-state index contributed by atoms with van der Waals surface area (Å²) in [5, 5.41) is 0. The van der Waals surface area contributed by atoms with E-state index >= 15 is 0 Å². The van der Waals surface area contributed by atoms with Gasteiger partial charge >= 0.3 is 0 Å². The highest BCUT2D eigenvalue weighted by Gasteiger charge is 2.31. The van der Waals surface area contributed by atoms with E-state index in [0.29, 0.717) is 25.4 Å². The first-order valence-corrected chi connectivity index (χ1v) is 8.46. The molecule has 20 heavy (non-hydrogen) atoms. The summed E-state index contributed by atoms with van der Waals surface area (Å²) in [6.07, 6.45) is 2.66. The molecule has 0 saturated carbocycles. The maximum atomic E-state index is 12.6. The number of rotatable bonds is 5. The Kier molecular flexibility index (Phi) is 5.01. The van der Waals surface area contributed by atoms with Crippen LogP contribution in [0.4, 0.5) is 5.69 Å². The van der Waals surface area contributed by atoms with Crippen molar-refractivity contribution in [2.75, 3.05) is 25.4 Å². The minimum absolute atomic E-state index is 0.0107. The molecule has 1 fully saturated rings. The summed E-state index contributed by atoms with van der Waals surface area (Å²) >= 11 is 0. The molecule has 0 aromatic heterocycles. The highest BCUT2D eigenvalue weighted by atomic mass is 32.2. The number of nitrogens with zero attached hydrogens (tertiary/aromatic N) is 1. The highest BCUT2D eigenvalue weighted by Crippen LogP contribution is 2.25. The fourth-order valence-electron chi connectivity index (χ4n) is 2.40. The standard InChI is InChI=1S/C14H22N2O3S/c1-2-10-19-12-6-5-9-16(11-12)20(17,18)14-8-4-3-7-13(14)15/h3-4,7-8,12H,2,5-6,9-11,15H2,1H3. The van der Waals surface area contributed by atoms with Crippen molar-refractivity contribution in [3.63, 3.8) is 0 Å². The summed E-state index contributed by atoms with van der Waals surface area (Å²) in [4.78, 5) is 0.191. The second-order valence-corrected chi connectivity index (χ2v) is 6.94. The van der Waals surface area contributed by atoms with Crippen LogP contribution < -0.4 is 5.73 Å². The molecule has 1 aromatic carbocycles. The Hall–Kier alpha value is -1.11. The molecule has 1 saturated heterocycles. The Morgan fingerprint density at radius 2 is 2.15 bits per heavy atom. The predicted octanol–water partition coefficient (Wildman–Crippen LogP) is 1.85. The normalized spacial score (nSPS) is 20.9. The molecule has 0 bridgehead atoms.